The van der Waals surface area contributed by atoms with Gasteiger partial charge < -0.3 is 15.5 Å². The third kappa shape index (κ3) is 9.14. The van der Waals surface area contributed by atoms with E-state index >= 15 is 0 Å². The first-order valence-corrected chi connectivity index (χ1v) is 8.36. The maximum atomic E-state index is 11.7. The van der Waals surface area contributed by atoms with E-state index in [4.69, 9.17) is 0 Å². The van der Waals surface area contributed by atoms with Gasteiger partial charge in [0.2, 0.25) is 5.91 Å². The van der Waals surface area contributed by atoms with Gasteiger partial charge in [-0.2, -0.15) is 0 Å². The molecule has 0 bridgehead atoms. The average molecular weight is 497 g/mol. The van der Waals surface area contributed by atoms with Crippen molar-refractivity contribution in [3.05, 3.63) is 34.3 Å². The summed E-state index contributed by atoms with van der Waals surface area (Å²) < 4.78 is 1.06. The second kappa shape index (κ2) is 12.6. The van der Waals surface area contributed by atoms with Gasteiger partial charge in [0, 0.05) is 31.2 Å². The third-order valence-electron chi connectivity index (χ3n) is 2.97. The van der Waals surface area contributed by atoms with Crippen molar-refractivity contribution in [2.45, 2.75) is 26.8 Å². The van der Waals surface area contributed by atoms with Crippen LogP contribution in [0.5, 0.6) is 0 Å². The molecule has 0 unspecified atom stereocenters. The number of nitrogens with one attached hydrogen (secondary N) is 2. The standard InChI is InChI=1S/C16H25BrN4O.HI/c1-4-10-19-15(22)11-20-16(18-5-2)21(3)12-13-6-8-14(17)9-7-13;/h6-9H,4-5,10-12H2,1-3H3,(H,18,20)(H,19,22);1H. The zero-order chi connectivity index (χ0) is 16.4. The Balaban J connectivity index is 0.00000484. The molecule has 0 saturated heterocycles. The normalized spacial score (nSPS) is 10.7. The summed E-state index contributed by atoms with van der Waals surface area (Å²) in [6, 6.07) is 8.17. The molecule has 1 aromatic rings. The Labute approximate surface area is 164 Å². The summed E-state index contributed by atoms with van der Waals surface area (Å²) in [7, 11) is 1.97. The largest absolute Gasteiger partial charge is 0.357 e. The molecule has 0 saturated carbocycles. The maximum Gasteiger partial charge on any atom is 0.241 e. The number of benzene rings is 1. The lowest BCUT2D eigenvalue weighted by atomic mass is 10.2. The summed E-state index contributed by atoms with van der Waals surface area (Å²) in [4.78, 5) is 18.1. The number of guanidine groups is 1. The highest BCUT2D eigenvalue weighted by Crippen LogP contribution is 2.11. The van der Waals surface area contributed by atoms with Crippen LogP contribution in [0.3, 0.4) is 0 Å². The molecule has 23 heavy (non-hydrogen) atoms. The maximum absolute atomic E-state index is 11.7. The molecule has 0 atom stereocenters. The molecule has 1 rings (SSSR count). The molecule has 0 aliphatic carbocycles. The van der Waals surface area contributed by atoms with Gasteiger partial charge in [-0.05, 0) is 31.0 Å². The van der Waals surface area contributed by atoms with E-state index in [2.05, 4.69) is 43.7 Å². The lowest BCUT2D eigenvalue weighted by Gasteiger charge is -2.22. The minimum atomic E-state index is -0.0469. The van der Waals surface area contributed by atoms with Crippen molar-refractivity contribution in [3.63, 3.8) is 0 Å². The van der Waals surface area contributed by atoms with Gasteiger partial charge in [-0.3, -0.25) is 4.79 Å². The van der Waals surface area contributed by atoms with Gasteiger partial charge in [0.15, 0.2) is 5.96 Å². The first kappa shape index (κ1) is 22.2. The number of carbonyl (C=O) groups excluding carboxylic acids is 1. The van der Waals surface area contributed by atoms with Crippen LogP contribution in [0, 0.1) is 0 Å². The van der Waals surface area contributed by atoms with Gasteiger partial charge in [-0.25, -0.2) is 4.99 Å². The molecular weight excluding hydrogens is 471 g/mol. The third-order valence-corrected chi connectivity index (χ3v) is 3.50. The summed E-state index contributed by atoms with van der Waals surface area (Å²) in [5, 5.41) is 6.04. The average Bonchev–Trinajstić information content (AvgIpc) is 2.51. The molecule has 7 heteroatoms. The van der Waals surface area contributed by atoms with Gasteiger partial charge in [0.1, 0.15) is 6.54 Å². The number of halogens is 2. The van der Waals surface area contributed by atoms with E-state index in [0.29, 0.717) is 6.54 Å². The quantitative estimate of drug-likeness (QED) is 0.346. The predicted molar refractivity (Wildman–Crippen MR) is 110 cm³/mol. The van der Waals surface area contributed by atoms with Crippen molar-refractivity contribution in [2.24, 2.45) is 4.99 Å². The topological polar surface area (TPSA) is 56.7 Å². The zero-order valence-corrected chi connectivity index (χ0v) is 17.9. The molecule has 0 aromatic heterocycles. The monoisotopic (exact) mass is 496 g/mol. The number of hydrogen-bond acceptors (Lipinski definition) is 2. The Morgan fingerprint density at radius 3 is 2.43 bits per heavy atom. The molecular formula is C16H26BrIN4O. The fraction of sp³-hybridized carbons (Fsp3) is 0.500. The van der Waals surface area contributed by atoms with Crippen LogP contribution in [0.25, 0.3) is 0 Å². The van der Waals surface area contributed by atoms with Gasteiger partial charge in [-0.1, -0.05) is 35.0 Å². The molecule has 0 radical (unpaired) electrons. The Kier molecular flexibility index (Phi) is 12.1. The van der Waals surface area contributed by atoms with Crippen LogP contribution in [0.15, 0.2) is 33.7 Å². The second-order valence-electron chi connectivity index (χ2n) is 5.00. The number of amides is 1. The lowest BCUT2D eigenvalue weighted by Crippen LogP contribution is -2.39. The van der Waals surface area contributed by atoms with Crippen LogP contribution >= 0.6 is 39.9 Å². The molecule has 5 nitrogen and oxygen atoms in total. The SMILES string of the molecule is CCCNC(=O)CN=C(NCC)N(C)Cc1ccc(Br)cc1.I. The Bertz CT molecular complexity index is 493. The lowest BCUT2D eigenvalue weighted by molar-refractivity contribution is -0.119. The molecule has 1 amide bonds. The van der Waals surface area contributed by atoms with Crippen molar-refractivity contribution in [2.75, 3.05) is 26.7 Å². The molecule has 0 aliphatic heterocycles. The van der Waals surface area contributed by atoms with Gasteiger partial charge >= 0.3 is 0 Å². The number of aliphatic imine (C=N–C) groups is 1. The minimum absolute atomic E-state index is 0. The van der Waals surface area contributed by atoms with Gasteiger partial charge in [-0.15, -0.1) is 24.0 Å². The van der Waals surface area contributed by atoms with Crippen LogP contribution in [-0.2, 0) is 11.3 Å². The highest BCUT2D eigenvalue weighted by atomic mass is 127. The summed E-state index contributed by atoms with van der Waals surface area (Å²) >= 11 is 3.43. The van der Waals surface area contributed by atoms with Crippen LogP contribution in [0.2, 0.25) is 0 Å². The van der Waals surface area contributed by atoms with E-state index < -0.39 is 0 Å². The molecule has 0 aliphatic rings. The van der Waals surface area contributed by atoms with Gasteiger partial charge in [0.05, 0.1) is 0 Å². The van der Waals surface area contributed by atoms with Crippen molar-refractivity contribution in [3.8, 4) is 0 Å². The molecule has 0 spiro atoms. The minimum Gasteiger partial charge on any atom is -0.357 e. The highest BCUT2D eigenvalue weighted by molar-refractivity contribution is 14.0. The number of hydrogen-bond donors (Lipinski definition) is 2. The summed E-state index contributed by atoms with van der Waals surface area (Å²) in [5.74, 6) is 0.686. The summed E-state index contributed by atoms with van der Waals surface area (Å²) in [6.45, 7) is 6.38. The van der Waals surface area contributed by atoms with Crippen LogP contribution in [0.4, 0.5) is 0 Å². The summed E-state index contributed by atoms with van der Waals surface area (Å²) in [5.41, 5.74) is 1.19. The molecule has 0 fully saturated rings. The van der Waals surface area contributed by atoms with Crippen molar-refractivity contribution in [1.29, 1.82) is 0 Å². The second-order valence-corrected chi connectivity index (χ2v) is 5.92. The van der Waals surface area contributed by atoms with E-state index in [1.165, 1.54) is 5.56 Å². The number of rotatable bonds is 7. The molecule has 2 N–H and O–H groups in total. The Morgan fingerprint density at radius 1 is 1.22 bits per heavy atom. The number of carbonyl (C=O) groups is 1. The van der Waals surface area contributed by atoms with Gasteiger partial charge in [0.25, 0.3) is 0 Å². The molecule has 1 aromatic carbocycles. The predicted octanol–water partition coefficient (Wildman–Crippen LogP) is 2.99. The first-order chi connectivity index (χ1) is 10.6. The fourth-order valence-corrected chi connectivity index (χ4v) is 2.14. The van der Waals surface area contributed by atoms with Crippen molar-refractivity contribution in [1.82, 2.24) is 15.5 Å². The van der Waals surface area contributed by atoms with Crippen LogP contribution in [0.1, 0.15) is 25.8 Å². The zero-order valence-electron chi connectivity index (χ0n) is 13.9. The molecule has 0 heterocycles. The van der Waals surface area contributed by atoms with Crippen LogP contribution < -0.4 is 10.6 Å². The number of nitrogens with zero attached hydrogens (tertiary/aromatic N) is 2. The summed E-state index contributed by atoms with van der Waals surface area (Å²) in [6.07, 6.45) is 0.930. The fourth-order valence-electron chi connectivity index (χ4n) is 1.88. The smallest absolute Gasteiger partial charge is 0.241 e. The first-order valence-electron chi connectivity index (χ1n) is 7.57. The van der Waals surface area contributed by atoms with E-state index in [9.17, 15) is 4.79 Å². The van der Waals surface area contributed by atoms with Crippen molar-refractivity contribution < 1.29 is 4.79 Å². The van der Waals surface area contributed by atoms with E-state index in [-0.39, 0.29) is 36.4 Å². The van der Waals surface area contributed by atoms with E-state index in [1.54, 1.807) is 0 Å². The Morgan fingerprint density at radius 2 is 1.87 bits per heavy atom. The van der Waals surface area contributed by atoms with Crippen LogP contribution in [-0.4, -0.2) is 43.4 Å². The van der Waals surface area contributed by atoms with E-state index in [0.717, 1.165) is 29.9 Å². The van der Waals surface area contributed by atoms with E-state index in [1.807, 2.05) is 37.9 Å². The highest BCUT2D eigenvalue weighted by Gasteiger charge is 2.07. The molecule has 130 valence electrons. The Hall–Kier alpha value is -0.830. The van der Waals surface area contributed by atoms with Crippen molar-refractivity contribution >= 4 is 51.8 Å².